The molecule has 0 saturated carbocycles. The second-order valence-corrected chi connectivity index (χ2v) is 5.93. The molecule has 0 aliphatic heterocycles. The van der Waals surface area contributed by atoms with Crippen LogP contribution in [0.5, 0.6) is 0 Å². The number of alkyl halides is 3. The molecule has 0 aromatic heterocycles. The highest BCUT2D eigenvalue weighted by Gasteiger charge is 2.31. The van der Waals surface area contributed by atoms with E-state index in [1.54, 1.807) is 6.92 Å². The maximum absolute atomic E-state index is 12.5. The van der Waals surface area contributed by atoms with Gasteiger partial charge in [-0.05, 0) is 24.6 Å². The Hall–Kier alpha value is -0.950. The molecule has 1 aromatic rings. The van der Waals surface area contributed by atoms with Gasteiger partial charge >= 0.3 is 6.18 Å². The van der Waals surface area contributed by atoms with Gasteiger partial charge in [-0.25, -0.2) is 8.42 Å². The molecule has 0 aliphatic carbocycles. The van der Waals surface area contributed by atoms with Gasteiger partial charge in [0.15, 0.2) is 0 Å². The van der Waals surface area contributed by atoms with Gasteiger partial charge in [0.2, 0.25) is 10.0 Å². The lowest BCUT2D eigenvalue weighted by molar-refractivity contribution is -0.137. The summed E-state index contributed by atoms with van der Waals surface area (Å²) in [5.41, 5.74) is -1.19. The fraction of sp³-hybridized carbons (Fsp3) is 0.400. The zero-order valence-electron chi connectivity index (χ0n) is 9.38. The van der Waals surface area contributed by atoms with Gasteiger partial charge in [0.05, 0.1) is 17.0 Å². The molecule has 18 heavy (non-hydrogen) atoms. The zero-order valence-corrected chi connectivity index (χ0v) is 11.0. The smallest absolute Gasteiger partial charge is 0.283 e. The molecule has 0 aliphatic rings. The summed E-state index contributed by atoms with van der Waals surface area (Å²) < 4.78 is 62.4. The molecule has 0 bridgehead atoms. The van der Waals surface area contributed by atoms with E-state index in [1.807, 2.05) is 0 Å². The van der Waals surface area contributed by atoms with Crippen LogP contribution < -0.4 is 4.72 Å². The fourth-order valence-electron chi connectivity index (χ4n) is 1.31. The second kappa shape index (κ2) is 5.36. The molecular formula is C10H11ClF3NO2S. The number of hydrogen-bond acceptors (Lipinski definition) is 2. The molecule has 1 rings (SSSR count). The van der Waals surface area contributed by atoms with Crippen molar-refractivity contribution >= 4 is 27.3 Å². The Labute approximate surface area is 108 Å². The van der Waals surface area contributed by atoms with Gasteiger partial charge in [-0.1, -0.05) is 18.5 Å². The molecule has 0 spiro atoms. The molecular weight excluding hydrogens is 291 g/mol. The van der Waals surface area contributed by atoms with E-state index >= 15 is 0 Å². The first-order chi connectivity index (χ1) is 8.14. The van der Waals surface area contributed by atoms with Crippen LogP contribution in [0.2, 0.25) is 5.02 Å². The molecule has 0 saturated heterocycles. The van der Waals surface area contributed by atoms with Crippen LogP contribution in [0.25, 0.3) is 0 Å². The Morgan fingerprint density at radius 2 is 1.89 bits per heavy atom. The van der Waals surface area contributed by atoms with E-state index in [4.69, 9.17) is 11.6 Å². The number of anilines is 1. The zero-order chi connectivity index (χ0) is 14.0. The molecule has 0 fully saturated rings. The lowest BCUT2D eigenvalue weighted by Crippen LogP contribution is -2.16. The van der Waals surface area contributed by atoms with Crippen molar-refractivity contribution in [3.05, 3.63) is 28.8 Å². The van der Waals surface area contributed by atoms with Crippen molar-refractivity contribution in [2.75, 3.05) is 10.5 Å². The monoisotopic (exact) mass is 301 g/mol. The topological polar surface area (TPSA) is 46.2 Å². The first kappa shape index (κ1) is 15.1. The van der Waals surface area contributed by atoms with Crippen molar-refractivity contribution in [1.82, 2.24) is 0 Å². The summed E-state index contributed by atoms with van der Waals surface area (Å²) in [5.74, 6) is -0.166. The van der Waals surface area contributed by atoms with E-state index in [-0.39, 0.29) is 16.5 Å². The molecule has 0 unspecified atom stereocenters. The van der Waals surface area contributed by atoms with E-state index in [2.05, 4.69) is 4.72 Å². The minimum absolute atomic E-state index is 0.166. The number of nitrogens with one attached hydrogen (secondary N) is 1. The molecule has 0 atom stereocenters. The molecule has 8 heteroatoms. The molecule has 0 radical (unpaired) electrons. The minimum Gasteiger partial charge on any atom is -0.283 e. The van der Waals surface area contributed by atoms with Crippen molar-refractivity contribution in [1.29, 1.82) is 0 Å². The lowest BCUT2D eigenvalue weighted by atomic mass is 10.2. The normalized spacial score (nSPS) is 12.5. The third kappa shape index (κ3) is 4.38. The van der Waals surface area contributed by atoms with Crippen molar-refractivity contribution < 1.29 is 21.6 Å². The predicted molar refractivity (Wildman–Crippen MR) is 64.2 cm³/mol. The summed E-state index contributed by atoms with van der Waals surface area (Å²) in [6.45, 7) is 1.65. The van der Waals surface area contributed by atoms with E-state index in [9.17, 15) is 21.6 Å². The second-order valence-electron chi connectivity index (χ2n) is 3.65. The molecule has 1 aromatic carbocycles. The van der Waals surface area contributed by atoms with Crippen molar-refractivity contribution in [3.8, 4) is 0 Å². The van der Waals surface area contributed by atoms with Gasteiger partial charge < -0.3 is 0 Å². The van der Waals surface area contributed by atoms with Crippen LogP contribution >= 0.6 is 11.6 Å². The van der Waals surface area contributed by atoms with Gasteiger partial charge in [0.1, 0.15) is 0 Å². The van der Waals surface area contributed by atoms with Gasteiger partial charge in [-0.2, -0.15) is 13.2 Å². The molecule has 0 amide bonds. The quantitative estimate of drug-likeness (QED) is 0.925. The number of halogens is 4. The van der Waals surface area contributed by atoms with Crippen LogP contribution in [0.15, 0.2) is 18.2 Å². The van der Waals surface area contributed by atoms with Gasteiger partial charge in [0.25, 0.3) is 0 Å². The van der Waals surface area contributed by atoms with E-state index in [0.717, 1.165) is 12.1 Å². The van der Waals surface area contributed by atoms with E-state index < -0.39 is 21.8 Å². The Morgan fingerprint density at radius 3 is 2.39 bits per heavy atom. The van der Waals surface area contributed by atoms with Crippen LogP contribution in [-0.2, 0) is 16.2 Å². The Kier molecular flexibility index (Phi) is 4.50. The number of hydrogen-bond donors (Lipinski definition) is 1. The first-order valence-electron chi connectivity index (χ1n) is 5.02. The van der Waals surface area contributed by atoms with Gasteiger partial charge in [0, 0.05) is 5.02 Å². The standard InChI is InChI=1S/C10H11ClF3NO2S/c1-2-3-18(16,17)15-9-5-7(10(12,13)14)4-8(11)6-9/h4-6,15H,2-3H2,1H3. The first-order valence-corrected chi connectivity index (χ1v) is 7.05. The number of benzene rings is 1. The Bertz CT molecular complexity index is 528. The largest absolute Gasteiger partial charge is 0.416 e. The third-order valence-electron chi connectivity index (χ3n) is 1.97. The summed E-state index contributed by atoms with van der Waals surface area (Å²) in [4.78, 5) is 0. The Balaban J connectivity index is 3.08. The predicted octanol–water partition coefficient (Wildman–Crippen LogP) is 3.51. The summed E-state index contributed by atoms with van der Waals surface area (Å²) in [7, 11) is -3.64. The average molecular weight is 302 g/mol. The minimum atomic E-state index is -4.57. The third-order valence-corrected chi connectivity index (χ3v) is 3.68. The highest BCUT2D eigenvalue weighted by Crippen LogP contribution is 2.33. The highest BCUT2D eigenvalue weighted by atomic mass is 35.5. The SMILES string of the molecule is CCCS(=O)(=O)Nc1cc(Cl)cc(C(F)(F)F)c1. The van der Waals surface area contributed by atoms with E-state index in [1.165, 1.54) is 0 Å². The van der Waals surface area contributed by atoms with Crippen LogP contribution in [-0.4, -0.2) is 14.2 Å². The van der Waals surface area contributed by atoms with Crippen molar-refractivity contribution in [2.45, 2.75) is 19.5 Å². The highest BCUT2D eigenvalue weighted by molar-refractivity contribution is 7.92. The summed E-state index contributed by atoms with van der Waals surface area (Å²) in [5, 5.41) is -0.181. The van der Waals surface area contributed by atoms with Gasteiger partial charge in [-0.15, -0.1) is 0 Å². The van der Waals surface area contributed by atoms with Gasteiger partial charge in [-0.3, -0.25) is 4.72 Å². The van der Waals surface area contributed by atoms with Crippen molar-refractivity contribution in [2.24, 2.45) is 0 Å². The fourth-order valence-corrected chi connectivity index (χ4v) is 2.66. The maximum atomic E-state index is 12.5. The van der Waals surface area contributed by atoms with E-state index in [0.29, 0.717) is 12.5 Å². The molecule has 1 N–H and O–H groups in total. The van der Waals surface area contributed by atoms with Crippen LogP contribution in [0, 0.1) is 0 Å². The number of rotatable bonds is 4. The molecule has 3 nitrogen and oxygen atoms in total. The van der Waals surface area contributed by atoms with Crippen LogP contribution in [0.1, 0.15) is 18.9 Å². The van der Waals surface area contributed by atoms with Crippen molar-refractivity contribution in [3.63, 3.8) is 0 Å². The summed E-state index contributed by atoms with van der Waals surface area (Å²) in [6, 6.07) is 2.57. The summed E-state index contributed by atoms with van der Waals surface area (Å²) >= 11 is 5.53. The van der Waals surface area contributed by atoms with Crippen LogP contribution in [0.4, 0.5) is 18.9 Å². The molecule has 0 heterocycles. The Morgan fingerprint density at radius 1 is 1.28 bits per heavy atom. The average Bonchev–Trinajstić information content (AvgIpc) is 2.13. The van der Waals surface area contributed by atoms with Crippen LogP contribution in [0.3, 0.4) is 0 Å². The lowest BCUT2D eigenvalue weighted by Gasteiger charge is -2.11. The number of sulfonamides is 1. The summed E-state index contributed by atoms with van der Waals surface area (Å²) in [6.07, 6.45) is -4.21. The maximum Gasteiger partial charge on any atom is 0.416 e. The molecule has 102 valence electrons.